The Morgan fingerprint density at radius 2 is 1.70 bits per heavy atom. The van der Waals surface area contributed by atoms with E-state index < -0.39 is 46.5 Å². The van der Waals surface area contributed by atoms with Crippen LogP contribution in [0, 0.1) is 11.3 Å². The summed E-state index contributed by atoms with van der Waals surface area (Å²) in [5.41, 5.74) is -1.49. The first-order chi connectivity index (χ1) is 20.6. The highest BCUT2D eigenvalue weighted by Gasteiger charge is 2.61. The highest BCUT2D eigenvalue weighted by molar-refractivity contribution is 5.95. The van der Waals surface area contributed by atoms with Crippen molar-refractivity contribution < 1.29 is 29.0 Å². The number of anilines is 1. The number of carboxylic acids is 1. The van der Waals surface area contributed by atoms with Crippen molar-refractivity contribution in [3.63, 3.8) is 0 Å². The highest BCUT2D eigenvalue weighted by Crippen LogP contribution is 2.45. The Labute approximate surface area is 261 Å². The SMILES string of the molecule is C=C[C@@H]1C[C@]1(NC(=O)[C@@H]1C[C@@H](N2CCN(c3ccccc3)CC2)CN1C(=O)[C@@H](NCC(=O)OC(C)(C)C)C(C)(C)C)C(=O)O. The van der Waals surface area contributed by atoms with Gasteiger partial charge in [-0.25, -0.2) is 4.79 Å². The van der Waals surface area contributed by atoms with Crippen LogP contribution >= 0.6 is 0 Å². The fourth-order valence-corrected chi connectivity index (χ4v) is 6.37. The number of hydrogen-bond acceptors (Lipinski definition) is 8. The van der Waals surface area contributed by atoms with Crippen molar-refractivity contribution in [1.29, 1.82) is 0 Å². The van der Waals surface area contributed by atoms with Crippen molar-refractivity contribution in [2.75, 3.05) is 44.2 Å². The molecule has 11 heteroatoms. The van der Waals surface area contributed by atoms with Gasteiger partial charge in [0.2, 0.25) is 11.8 Å². The predicted octanol–water partition coefficient (Wildman–Crippen LogP) is 2.27. The summed E-state index contributed by atoms with van der Waals surface area (Å²) in [5, 5.41) is 15.8. The van der Waals surface area contributed by atoms with Gasteiger partial charge in [-0.05, 0) is 51.2 Å². The molecule has 2 heterocycles. The Hall–Kier alpha value is -3.44. The summed E-state index contributed by atoms with van der Waals surface area (Å²) in [6.45, 7) is 18.1. The second kappa shape index (κ2) is 12.9. The zero-order chi connectivity index (χ0) is 32.4. The summed E-state index contributed by atoms with van der Waals surface area (Å²) in [4.78, 5) is 59.0. The molecule has 3 aliphatic rings. The third kappa shape index (κ3) is 7.61. The molecule has 3 fully saturated rings. The van der Waals surface area contributed by atoms with E-state index in [-0.39, 0.29) is 30.8 Å². The van der Waals surface area contributed by atoms with Crippen molar-refractivity contribution >= 4 is 29.4 Å². The number of carbonyl (C=O) groups is 4. The third-order valence-electron chi connectivity index (χ3n) is 8.83. The van der Waals surface area contributed by atoms with E-state index in [0.717, 1.165) is 31.9 Å². The molecule has 242 valence electrons. The number of ether oxygens (including phenoxy) is 1. The fraction of sp³-hybridized carbons (Fsp3) is 0.636. The molecule has 11 nitrogen and oxygen atoms in total. The van der Waals surface area contributed by atoms with Gasteiger partial charge in [-0.15, -0.1) is 6.58 Å². The van der Waals surface area contributed by atoms with Crippen LogP contribution in [0.3, 0.4) is 0 Å². The van der Waals surface area contributed by atoms with Gasteiger partial charge in [0.25, 0.3) is 0 Å². The number of likely N-dealkylation sites (tertiary alicyclic amines) is 1. The van der Waals surface area contributed by atoms with Gasteiger partial charge in [-0.2, -0.15) is 0 Å². The first-order valence-corrected chi connectivity index (χ1v) is 15.5. The lowest BCUT2D eigenvalue weighted by Gasteiger charge is -2.39. The molecular formula is C33H49N5O6. The maximum atomic E-state index is 14.3. The Morgan fingerprint density at radius 3 is 2.23 bits per heavy atom. The number of aliphatic carboxylic acids is 1. The quantitative estimate of drug-likeness (QED) is 0.269. The summed E-state index contributed by atoms with van der Waals surface area (Å²) in [6.07, 6.45) is 2.21. The molecule has 1 saturated carbocycles. The molecule has 2 aliphatic heterocycles. The number of para-hydroxylation sites is 1. The van der Waals surface area contributed by atoms with Crippen LogP contribution in [0.25, 0.3) is 0 Å². The van der Waals surface area contributed by atoms with Gasteiger partial charge in [-0.1, -0.05) is 45.0 Å². The smallest absolute Gasteiger partial charge is 0.330 e. The Kier molecular flexibility index (Phi) is 9.80. The molecule has 5 atom stereocenters. The molecule has 4 rings (SSSR count). The van der Waals surface area contributed by atoms with Crippen LogP contribution in [-0.2, 0) is 23.9 Å². The normalized spacial score (nSPS) is 26.5. The zero-order valence-corrected chi connectivity index (χ0v) is 27.0. The molecule has 0 radical (unpaired) electrons. The van der Waals surface area contributed by atoms with Gasteiger partial charge in [0, 0.05) is 50.4 Å². The van der Waals surface area contributed by atoms with Gasteiger partial charge in [-0.3, -0.25) is 24.6 Å². The second-order valence-corrected chi connectivity index (χ2v) is 14.3. The number of carboxylic acid groups (broad SMARTS) is 1. The molecule has 0 unspecified atom stereocenters. The molecule has 1 aromatic rings. The van der Waals surface area contributed by atoms with Crippen LogP contribution in [0.2, 0.25) is 0 Å². The highest BCUT2D eigenvalue weighted by atomic mass is 16.6. The molecule has 3 N–H and O–H groups in total. The minimum absolute atomic E-state index is 0.0747. The number of nitrogens with one attached hydrogen (secondary N) is 2. The van der Waals surface area contributed by atoms with E-state index >= 15 is 0 Å². The Morgan fingerprint density at radius 1 is 1.07 bits per heavy atom. The van der Waals surface area contributed by atoms with E-state index in [9.17, 15) is 24.3 Å². The Bertz CT molecular complexity index is 1230. The summed E-state index contributed by atoms with van der Waals surface area (Å²) in [5.74, 6) is -2.72. The third-order valence-corrected chi connectivity index (χ3v) is 8.83. The molecule has 1 aliphatic carbocycles. The molecule has 1 aromatic carbocycles. The van der Waals surface area contributed by atoms with E-state index in [1.807, 2.05) is 39.0 Å². The number of esters is 1. The number of rotatable bonds is 10. The molecule has 2 amide bonds. The molecule has 0 spiro atoms. The van der Waals surface area contributed by atoms with Gasteiger partial charge >= 0.3 is 11.9 Å². The minimum Gasteiger partial charge on any atom is -0.479 e. The first-order valence-electron chi connectivity index (χ1n) is 15.5. The van der Waals surface area contributed by atoms with Crippen molar-refractivity contribution in [3.8, 4) is 0 Å². The van der Waals surface area contributed by atoms with Gasteiger partial charge in [0.1, 0.15) is 17.2 Å². The van der Waals surface area contributed by atoms with Crippen molar-refractivity contribution in [3.05, 3.63) is 43.0 Å². The number of carbonyl (C=O) groups excluding carboxylic acids is 3. The maximum absolute atomic E-state index is 14.3. The lowest BCUT2D eigenvalue weighted by molar-refractivity contribution is -0.154. The van der Waals surface area contributed by atoms with Gasteiger partial charge < -0.3 is 25.0 Å². The number of amides is 2. The van der Waals surface area contributed by atoms with Gasteiger partial charge in [0.05, 0.1) is 12.6 Å². The molecule has 0 bridgehead atoms. The second-order valence-electron chi connectivity index (χ2n) is 14.3. The molecule has 0 aromatic heterocycles. The summed E-state index contributed by atoms with van der Waals surface area (Å²) < 4.78 is 5.44. The standard InChI is InChI=1S/C33H49N5O6/c1-8-22-19-33(22,30(42)43)35-28(40)25-18-24(37-16-14-36(15-17-37)23-12-10-9-11-13-23)21-38(25)29(41)27(31(2,3)4)34-20-26(39)44-32(5,6)7/h8-13,22,24-25,27,34H,1,14-21H2,2-7H3,(H,35,40)(H,42,43)/t22-,24-,25+,27-,33-/m1/s1. The summed E-state index contributed by atoms with van der Waals surface area (Å²) >= 11 is 0. The first kappa shape index (κ1) is 33.5. The van der Waals surface area contributed by atoms with Crippen LogP contribution in [0.4, 0.5) is 5.69 Å². The van der Waals surface area contributed by atoms with Crippen molar-refractivity contribution in [1.82, 2.24) is 20.4 Å². The largest absolute Gasteiger partial charge is 0.479 e. The lowest BCUT2D eigenvalue weighted by atomic mass is 9.85. The molecular weight excluding hydrogens is 562 g/mol. The van der Waals surface area contributed by atoms with Crippen LogP contribution in [0.15, 0.2) is 43.0 Å². The van der Waals surface area contributed by atoms with Crippen LogP contribution in [0.1, 0.15) is 54.4 Å². The fourth-order valence-electron chi connectivity index (χ4n) is 6.37. The van der Waals surface area contributed by atoms with Crippen molar-refractivity contribution in [2.24, 2.45) is 11.3 Å². The molecule has 44 heavy (non-hydrogen) atoms. The maximum Gasteiger partial charge on any atom is 0.330 e. The number of hydrogen-bond donors (Lipinski definition) is 3. The lowest BCUT2D eigenvalue weighted by Crippen LogP contribution is -2.59. The monoisotopic (exact) mass is 611 g/mol. The average Bonchev–Trinajstić information content (AvgIpc) is 3.48. The van der Waals surface area contributed by atoms with Crippen LogP contribution in [0.5, 0.6) is 0 Å². The predicted molar refractivity (Wildman–Crippen MR) is 168 cm³/mol. The topological polar surface area (TPSA) is 132 Å². The number of nitrogens with zero attached hydrogens (tertiary/aromatic N) is 3. The summed E-state index contributed by atoms with van der Waals surface area (Å²) in [6, 6.07) is 8.52. The zero-order valence-electron chi connectivity index (χ0n) is 27.0. The average molecular weight is 612 g/mol. The van der Waals surface area contributed by atoms with Crippen LogP contribution in [-0.4, -0.2) is 107 Å². The van der Waals surface area contributed by atoms with Crippen molar-refractivity contribution in [2.45, 2.75) is 83.6 Å². The Balaban J connectivity index is 1.53. The molecule has 2 saturated heterocycles. The van der Waals surface area contributed by atoms with Crippen LogP contribution < -0.4 is 15.5 Å². The van der Waals surface area contributed by atoms with E-state index in [1.54, 1.807) is 31.7 Å². The number of benzene rings is 1. The number of piperazine rings is 1. The minimum atomic E-state index is -1.40. The summed E-state index contributed by atoms with van der Waals surface area (Å²) in [7, 11) is 0. The van der Waals surface area contributed by atoms with E-state index in [0.29, 0.717) is 13.0 Å². The van der Waals surface area contributed by atoms with E-state index in [1.165, 1.54) is 0 Å². The van der Waals surface area contributed by atoms with E-state index in [2.05, 4.69) is 39.1 Å². The van der Waals surface area contributed by atoms with E-state index in [4.69, 9.17) is 4.74 Å². The van der Waals surface area contributed by atoms with Gasteiger partial charge in [0.15, 0.2) is 0 Å².